The zero-order valence-electron chi connectivity index (χ0n) is 10.7. The van der Waals surface area contributed by atoms with Crippen molar-refractivity contribution in [2.24, 2.45) is 5.92 Å². The van der Waals surface area contributed by atoms with E-state index < -0.39 is 0 Å². The topological polar surface area (TPSA) is 21.3 Å². The highest BCUT2D eigenvalue weighted by atomic mass is 16.5. The first-order valence-electron chi connectivity index (χ1n) is 6.67. The van der Waals surface area contributed by atoms with E-state index in [1.165, 1.54) is 18.4 Å². The van der Waals surface area contributed by atoms with Gasteiger partial charge in [-0.1, -0.05) is 30.3 Å². The number of hydrogen-bond donors (Lipinski definition) is 1. The minimum atomic E-state index is 0.428. The van der Waals surface area contributed by atoms with Gasteiger partial charge in [-0.2, -0.15) is 0 Å². The van der Waals surface area contributed by atoms with Gasteiger partial charge in [0.15, 0.2) is 0 Å². The van der Waals surface area contributed by atoms with E-state index in [1.54, 1.807) is 0 Å². The zero-order valence-corrected chi connectivity index (χ0v) is 10.7. The van der Waals surface area contributed by atoms with E-state index in [4.69, 9.17) is 4.74 Å². The molecule has 1 heterocycles. The molecule has 2 heteroatoms. The normalized spacial score (nSPS) is 19.1. The summed E-state index contributed by atoms with van der Waals surface area (Å²) >= 11 is 0. The van der Waals surface area contributed by atoms with Crippen molar-refractivity contribution >= 4 is 0 Å². The van der Waals surface area contributed by atoms with Crippen LogP contribution in [-0.4, -0.2) is 26.3 Å². The molecule has 0 spiro atoms. The first kappa shape index (κ1) is 12.6. The summed E-state index contributed by atoms with van der Waals surface area (Å²) < 4.78 is 5.68. The van der Waals surface area contributed by atoms with Gasteiger partial charge in [0.1, 0.15) is 0 Å². The van der Waals surface area contributed by atoms with Gasteiger partial charge in [-0.05, 0) is 50.3 Å². The molecule has 2 nitrogen and oxygen atoms in total. The average molecular weight is 233 g/mol. The van der Waals surface area contributed by atoms with Gasteiger partial charge in [-0.3, -0.25) is 0 Å². The monoisotopic (exact) mass is 233 g/mol. The molecule has 17 heavy (non-hydrogen) atoms. The summed E-state index contributed by atoms with van der Waals surface area (Å²) in [6.07, 6.45) is 5.21. The van der Waals surface area contributed by atoms with E-state index in [0.29, 0.717) is 6.10 Å². The summed E-state index contributed by atoms with van der Waals surface area (Å²) in [6, 6.07) is 10.7. The Morgan fingerprint density at radius 1 is 1.24 bits per heavy atom. The molecule has 0 bridgehead atoms. The van der Waals surface area contributed by atoms with Crippen molar-refractivity contribution in [3.63, 3.8) is 0 Å². The molecule has 1 aliphatic heterocycles. The van der Waals surface area contributed by atoms with Crippen molar-refractivity contribution in [1.29, 1.82) is 0 Å². The lowest BCUT2D eigenvalue weighted by Crippen LogP contribution is -2.35. The van der Waals surface area contributed by atoms with Gasteiger partial charge in [0.2, 0.25) is 0 Å². The highest BCUT2D eigenvalue weighted by Crippen LogP contribution is 2.22. The van der Waals surface area contributed by atoms with E-state index >= 15 is 0 Å². The summed E-state index contributed by atoms with van der Waals surface area (Å²) in [5, 5.41) is 3.41. The Balaban J connectivity index is 1.82. The lowest BCUT2D eigenvalue weighted by Gasteiger charge is -2.29. The first-order valence-corrected chi connectivity index (χ1v) is 6.67. The fraction of sp³-hybridized carbons (Fsp3) is 0.600. The highest BCUT2D eigenvalue weighted by Gasteiger charge is 2.22. The predicted molar refractivity (Wildman–Crippen MR) is 71.2 cm³/mol. The summed E-state index contributed by atoms with van der Waals surface area (Å²) in [6.45, 7) is 2.30. The molecule has 0 aromatic heterocycles. The largest absolute Gasteiger partial charge is 0.381 e. The van der Waals surface area contributed by atoms with Gasteiger partial charge >= 0.3 is 0 Å². The van der Waals surface area contributed by atoms with Crippen LogP contribution in [0.4, 0.5) is 0 Å². The standard InChI is InChI=1S/C15H23NO/c1-17-15(14-9-11-16-12-10-14)8-7-13-5-3-2-4-6-13/h2-6,14-16H,7-12H2,1H3/t15-/m1/s1. The maximum absolute atomic E-state index is 5.68. The Morgan fingerprint density at radius 3 is 2.59 bits per heavy atom. The Labute approximate surface area is 104 Å². The van der Waals surface area contributed by atoms with Gasteiger partial charge in [0.05, 0.1) is 6.10 Å². The molecule has 94 valence electrons. The van der Waals surface area contributed by atoms with Crippen LogP contribution in [0.3, 0.4) is 0 Å². The summed E-state index contributed by atoms with van der Waals surface area (Å²) in [4.78, 5) is 0. The number of rotatable bonds is 5. The van der Waals surface area contributed by atoms with Gasteiger partial charge in [0.25, 0.3) is 0 Å². The maximum atomic E-state index is 5.68. The van der Waals surface area contributed by atoms with Crippen LogP contribution in [0.5, 0.6) is 0 Å². The number of aryl methyl sites for hydroxylation is 1. The van der Waals surface area contributed by atoms with E-state index in [2.05, 4.69) is 35.6 Å². The molecule has 1 N–H and O–H groups in total. The minimum absolute atomic E-state index is 0.428. The van der Waals surface area contributed by atoms with Crippen LogP contribution >= 0.6 is 0 Å². The second kappa shape index (κ2) is 6.77. The van der Waals surface area contributed by atoms with Crippen LogP contribution < -0.4 is 5.32 Å². The molecule has 1 aliphatic rings. The SMILES string of the molecule is CO[C@H](CCc1ccccc1)C1CCNCC1. The van der Waals surface area contributed by atoms with Crippen LogP contribution in [0, 0.1) is 5.92 Å². The van der Waals surface area contributed by atoms with Crippen LogP contribution in [0.15, 0.2) is 30.3 Å². The molecule has 1 aromatic carbocycles. The van der Waals surface area contributed by atoms with E-state index in [1.807, 2.05) is 7.11 Å². The number of hydrogen-bond acceptors (Lipinski definition) is 2. The van der Waals surface area contributed by atoms with Gasteiger partial charge < -0.3 is 10.1 Å². The maximum Gasteiger partial charge on any atom is 0.0603 e. The predicted octanol–water partition coefficient (Wildman–Crippen LogP) is 2.63. The molecule has 2 rings (SSSR count). The Hall–Kier alpha value is -0.860. The molecule has 0 aliphatic carbocycles. The molecular formula is C15H23NO. The fourth-order valence-corrected chi connectivity index (χ4v) is 2.72. The highest BCUT2D eigenvalue weighted by molar-refractivity contribution is 5.14. The number of methoxy groups -OCH3 is 1. The Morgan fingerprint density at radius 2 is 1.94 bits per heavy atom. The third kappa shape index (κ3) is 3.83. The second-order valence-corrected chi connectivity index (χ2v) is 4.89. The summed E-state index contributed by atoms with van der Waals surface area (Å²) in [5.74, 6) is 0.741. The van der Waals surface area contributed by atoms with Gasteiger partial charge in [-0.25, -0.2) is 0 Å². The lowest BCUT2D eigenvalue weighted by atomic mass is 9.89. The average Bonchev–Trinajstić information content (AvgIpc) is 2.42. The van der Waals surface area contributed by atoms with E-state index in [0.717, 1.165) is 31.8 Å². The number of benzene rings is 1. The molecule has 1 fully saturated rings. The molecule has 1 aromatic rings. The first-order chi connectivity index (χ1) is 8.40. The van der Waals surface area contributed by atoms with Crippen LogP contribution in [0.1, 0.15) is 24.8 Å². The third-order valence-electron chi connectivity index (χ3n) is 3.77. The molecular weight excluding hydrogens is 210 g/mol. The smallest absolute Gasteiger partial charge is 0.0603 e. The summed E-state index contributed by atoms with van der Waals surface area (Å²) in [5.41, 5.74) is 1.42. The number of nitrogens with one attached hydrogen (secondary N) is 1. The third-order valence-corrected chi connectivity index (χ3v) is 3.77. The number of ether oxygens (including phenoxy) is 1. The molecule has 1 saturated heterocycles. The Bertz CT molecular complexity index is 306. The quantitative estimate of drug-likeness (QED) is 0.844. The van der Waals surface area contributed by atoms with Crippen LogP contribution in [0.25, 0.3) is 0 Å². The lowest BCUT2D eigenvalue weighted by molar-refractivity contribution is 0.0334. The van der Waals surface area contributed by atoms with Crippen LogP contribution in [0.2, 0.25) is 0 Å². The Kier molecular flexibility index (Phi) is 5.02. The zero-order chi connectivity index (χ0) is 11.9. The van der Waals surface area contributed by atoms with E-state index in [-0.39, 0.29) is 0 Å². The van der Waals surface area contributed by atoms with Gasteiger partial charge in [0, 0.05) is 7.11 Å². The molecule has 0 saturated carbocycles. The second-order valence-electron chi connectivity index (χ2n) is 4.89. The van der Waals surface area contributed by atoms with Crippen molar-refractivity contribution in [1.82, 2.24) is 5.32 Å². The molecule has 1 atom stereocenters. The van der Waals surface area contributed by atoms with Crippen LogP contribution in [-0.2, 0) is 11.2 Å². The van der Waals surface area contributed by atoms with Crippen molar-refractivity contribution in [2.45, 2.75) is 31.8 Å². The minimum Gasteiger partial charge on any atom is -0.381 e. The van der Waals surface area contributed by atoms with Crippen molar-refractivity contribution in [3.8, 4) is 0 Å². The number of piperidine rings is 1. The fourth-order valence-electron chi connectivity index (χ4n) is 2.72. The van der Waals surface area contributed by atoms with Gasteiger partial charge in [-0.15, -0.1) is 0 Å². The van der Waals surface area contributed by atoms with Crippen molar-refractivity contribution in [3.05, 3.63) is 35.9 Å². The molecule has 0 unspecified atom stereocenters. The van der Waals surface area contributed by atoms with E-state index in [9.17, 15) is 0 Å². The van der Waals surface area contributed by atoms with Crippen molar-refractivity contribution < 1.29 is 4.74 Å². The van der Waals surface area contributed by atoms with Crippen molar-refractivity contribution in [2.75, 3.05) is 20.2 Å². The summed E-state index contributed by atoms with van der Waals surface area (Å²) in [7, 11) is 1.86. The molecule has 0 radical (unpaired) electrons. The molecule has 0 amide bonds.